The first-order chi connectivity index (χ1) is 8.61. The van der Waals surface area contributed by atoms with Gasteiger partial charge >= 0.3 is 0 Å². The molecule has 1 aromatic carbocycles. The second kappa shape index (κ2) is 5.34. The average molecular weight is 248 g/mol. The second-order valence-electron chi connectivity index (χ2n) is 4.70. The van der Waals surface area contributed by atoms with E-state index in [-0.39, 0.29) is 29.9 Å². The standard InChI is InChI=1S/C13H17FN4/c1-8-13(9(2)18-17-8)12(7-15)16-11-5-3-4-10(14)6-11/h3-6,8-9,12-13,16-18H,1-2H3. The number of hydrogen-bond donors (Lipinski definition) is 3. The van der Waals surface area contributed by atoms with Gasteiger partial charge in [-0.05, 0) is 32.0 Å². The molecule has 3 N–H and O–H groups in total. The lowest BCUT2D eigenvalue weighted by molar-refractivity contribution is 0.424. The fourth-order valence-electron chi connectivity index (χ4n) is 2.44. The van der Waals surface area contributed by atoms with Crippen LogP contribution in [0.2, 0.25) is 0 Å². The monoisotopic (exact) mass is 248 g/mol. The minimum absolute atomic E-state index is 0.123. The minimum Gasteiger partial charge on any atom is -0.369 e. The summed E-state index contributed by atoms with van der Waals surface area (Å²) < 4.78 is 13.1. The first-order valence-corrected chi connectivity index (χ1v) is 6.04. The molecule has 1 fully saturated rings. The van der Waals surface area contributed by atoms with E-state index in [0.29, 0.717) is 5.69 Å². The van der Waals surface area contributed by atoms with Gasteiger partial charge in [0.1, 0.15) is 11.9 Å². The number of nitrogens with one attached hydrogen (secondary N) is 3. The average Bonchev–Trinajstić information content (AvgIpc) is 2.67. The number of hydrazine groups is 1. The van der Waals surface area contributed by atoms with Gasteiger partial charge in [0.05, 0.1) is 6.07 Å². The molecule has 3 unspecified atom stereocenters. The molecule has 0 saturated carbocycles. The number of nitrogens with zero attached hydrogens (tertiary/aromatic N) is 1. The highest BCUT2D eigenvalue weighted by atomic mass is 19.1. The van der Waals surface area contributed by atoms with E-state index in [1.54, 1.807) is 12.1 Å². The Bertz CT molecular complexity index is 447. The Balaban J connectivity index is 2.13. The smallest absolute Gasteiger partial charge is 0.125 e. The van der Waals surface area contributed by atoms with Gasteiger partial charge in [-0.3, -0.25) is 10.9 Å². The van der Waals surface area contributed by atoms with Crippen molar-refractivity contribution in [2.45, 2.75) is 32.0 Å². The van der Waals surface area contributed by atoms with Crippen LogP contribution in [0, 0.1) is 23.1 Å². The van der Waals surface area contributed by atoms with Crippen LogP contribution >= 0.6 is 0 Å². The predicted molar refractivity (Wildman–Crippen MR) is 68.1 cm³/mol. The fraction of sp³-hybridized carbons (Fsp3) is 0.462. The summed E-state index contributed by atoms with van der Waals surface area (Å²) in [4.78, 5) is 0. The number of rotatable bonds is 3. The molecule has 1 saturated heterocycles. The van der Waals surface area contributed by atoms with Crippen molar-refractivity contribution >= 4 is 5.69 Å². The lowest BCUT2D eigenvalue weighted by Gasteiger charge is -2.24. The topological polar surface area (TPSA) is 59.9 Å². The first kappa shape index (κ1) is 12.8. The van der Waals surface area contributed by atoms with E-state index in [4.69, 9.17) is 0 Å². The lowest BCUT2D eigenvalue weighted by atomic mass is 9.89. The van der Waals surface area contributed by atoms with Crippen LogP contribution in [0.25, 0.3) is 0 Å². The molecule has 4 nitrogen and oxygen atoms in total. The van der Waals surface area contributed by atoms with E-state index in [1.807, 2.05) is 13.8 Å². The molecule has 1 aliphatic heterocycles. The van der Waals surface area contributed by atoms with Crippen LogP contribution in [0.5, 0.6) is 0 Å². The first-order valence-electron chi connectivity index (χ1n) is 6.04. The maximum atomic E-state index is 13.1. The van der Waals surface area contributed by atoms with E-state index in [0.717, 1.165) is 0 Å². The van der Waals surface area contributed by atoms with Crippen molar-refractivity contribution in [1.29, 1.82) is 5.26 Å². The van der Waals surface area contributed by atoms with Gasteiger partial charge in [0, 0.05) is 23.7 Å². The lowest BCUT2D eigenvalue weighted by Crippen LogP contribution is -2.38. The van der Waals surface area contributed by atoms with E-state index in [2.05, 4.69) is 22.2 Å². The largest absolute Gasteiger partial charge is 0.369 e. The summed E-state index contributed by atoms with van der Waals surface area (Å²) >= 11 is 0. The zero-order valence-corrected chi connectivity index (χ0v) is 10.4. The Morgan fingerprint density at radius 1 is 1.33 bits per heavy atom. The van der Waals surface area contributed by atoms with Crippen molar-refractivity contribution in [3.8, 4) is 6.07 Å². The van der Waals surface area contributed by atoms with Crippen molar-refractivity contribution < 1.29 is 4.39 Å². The van der Waals surface area contributed by atoms with Crippen molar-refractivity contribution in [3.05, 3.63) is 30.1 Å². The summed E-state index contributed by atoms with van der Waals surface area (Å²) in [6, 6.07) is 8.44. The van der Waals surface area contributed by atoms with Crippen molar-refractivity contribution in [1.82, 2.24) is 10.9 Å². The molecule has 1 aliphatic rings. The molecule has 0 bridgehead atoms. The van der Waals surface area contributed by atoms with Gasteiger partial charge in [-0.2, -0.15) is 5.26 Å². The third-order valence-electron chi connectivity index (χ3n) is 3.36. The maximum absolute atomic E-state index is 13.1. The van der Waals surface area contributed by atoms with E-state index >= 15 is 0 Å². The second-order valence-corrected chi connectivity index (χ2v) is 4.70. The van der Waals surface area contributed by atoms with Crippen molar-refractivity contribution in [2.75, 3.05) is 5.32 Å². The molecule has 1 heterocycles. The van der Waals surface area contributed by atoms with E-state index < -0.39 is 0 Å². The summed E-state index contributed by atoms with van der Waals surface area (Å²) in [5.74, 6) is -0.182. The number of halogens is 1. The van der Waals surface area contributed by atoms with Crippen LogP contribution in [0.15, 0.2) is 24.3 Å². The highest BCUT2D eigenvalue weighted by Crippen LogP contribution is 2.22. The van der Waals surface area contributed by atoms with Gasteiger partial charge in [-0.25, -0.2) is 4.39 Å². The van der Waals surface area contributed by atoms with E-state index in [9.17, 15) is 9.65 Å². The molecule has 0 amide bonds. The minimum atomic E-state index is -0.362. The van der Waals surface area contributed by atoms with Gasteiger partial charge in [0.2, 0.25) is 0 Å². The summed E-state index contributed by atoms with van der Waals surface area (Å²) in [5.41, 5.74) is 6.86. The molecule has 0 spiro atoms. The Hall–Kier alpha value is -1.64. The van der Waals surface area contributed by atoms with Crippen LogP contribution < -0.4 is 16.2 Å². The van der Waals surface area contributed by atoms with Crippen molar-refractivity contribution in [2.24, 2.45) is 5.92 Å². The SMILES string of the molecule is CC1NNC(C)C1C(C#N)Nc1cccc(F)c1. The quantitative estimate of drug-likeness (QED) is 0.761. The molecule has 18 heavy (non-hydrogen) atoms. The summed E-state index contributed by atoms with van der Waals surface area (Å²) in [6.07, 6.45) is 0. The summed E-state index contributed by atoms with van der Waals surface area (Å²) in [7, 11) is 0. The molecular formula is C13H17FN4. The molecule has 1 aromatic rings. The summed E-state index contributed by atoms with van der Waals surface area (Å²) in [5, 5.41) is 12.4. The van der Waals surface area contributed by atoms with Gasteiger partial charge in [0.15, 0.2) is 0 Å². The fourth-order valence-corrected chi connectivity index (χ4v) is 2.44. The van der Waals surface area contributed by atoms with Gasteiger partial charge in [0.25, 0.3) is 0 Å². The predicted octanol–water partition coefficient (Wildman–Crippen LogP) is 1.63. The molecule has 96 valence electrons. The number of hydrogen-bond acceptors (Lipinski definition) is 4. The number of anilines is 1. The molecule has 5 heteroatoms. The van der Waals surface area contributed by atoms with Crippen LogP contribution in [0.1, 0.15) is 13.8 Å². The van der Waals surface area contributed by atoms with Crippen LogP contribution in [0.4, 0.5) is 10.1 Å². The van der Waals surface area contributed by atoms with Gasteiger partial charge < -0.3 is 5.32 Å². The van der Waals surface area contributed by atoms with Crippen molar-refractivity contribution in [3.63, 3.8) is 0 Å². The highest BCUT2D eigenvalue weighted by Gasteiger charge is 2.36. The molecular weight excluding hydrogens is 231 g/mol. The Labute approximate surface area is 106 Å². The molecule has 0 aliphatic carbocycles. The van der Waals surface area contributed by atoms with Crippen LogP contribution in [-0.2, 0) is 0 Å². The number of benzene rings is 1. The van der Waals surface area contributed by atoms with Gasteiger partial charge in [-0.1, -0.05) is 6.07 Å². The zero-order valence-electron chi connectivity index (χ0n) is 10.4. The molecule has 2 rings (SSSR count). The van der Waals surface area contributed by atoms with Crippen LogP contribution in [0.3, 0.4) is 0 Å². The normalized spacial score (nSPS) is 28.7. The third kappa shape index (κ3) is 2.61. The zero-order chi connectivity index (χ0) is 13.1. The molecule has 0 aromatic heterocycles. The third-order valence-corrected chi connectivity index (χ3v) is 3.36. The van der Waals surface area contributed by atoms with Gasteiger partial charge in [-0.15, -0.1) is 0 Å². The molecule has 3 atom stereocenters. The maximum Gasteiger partial charge on any atom is 0.125 e. The highest BCUT2D eigenvalue weighted by molar-refractivity contribution is 5.45. The van der Waals surface area contributed by atoms with E-state index in [1.165, 1.54) is 12.1 Å². The van der Waals surface area contributed by atoms with Crippen LogP contribution in [-0.4, -0.2) is 18.1 Å². The summed E-state index contributed by atoms with van der Waals surface area (Å²) in [6.45, 7) is 4.05. The Morgan fingerprint density at radius 3 is 2.56 bits per heavy atom. The molecule has 0 radical (unpaired) electrons. The Kier molecular flexibility index (Phi) is 3.80. The number of nitriles is 1. The Morgan fingerprint density at radius 2 is 2.00 bits per heavy atom.